The summed E-state index contributed by atoms with van der Waals surface area (Å²) in [6.07, 6.45) is 2.36. The van der Waals surface area contributed by atoms with Gasteiger partial charge >= 0.3 is 11.9 Å². The standard InChI is InChI=1S/C20H23NO5S2/c1-21(11-17(22)23)18-12-6-7-13(18)14(10-12)26-19(24)20(25,15-4-2-8-27-15)16-5-3-9-28-16/h2-5,8-9,12-14,18,25H,6-7,10-11H2,1H3,(H,22,23)/t12-,13+,14+,18?/m0/s1. The van der Waals surface area contributed by atoms with Gasteiger partial charge in [-0.1, -0.05) is 12.1 Å². The van der Waals surface area contributed by atoms with Gasteiger partial charge in [-0.15, -0.1) is 22.7 Å². The Balaban J connectivity index is 1.54. The SMILES string of the molecule is CN(CC(=O)O)C1[C@H]2CC[C@@H]1[C@H](OC(=O)C(O)(c1cccs1)c1cccs1)C2. The Bertz CT molecular complexity index is 801. The second-order valence-electron chi connectivity index (χ2n) is 7.65. The Labute approximate surface area is 171 Å². The van der Waals surface area contributed by atoms with Crippen molar-refractivity contribution in [3.63, 3.8) is 0 Å². The van der Waals surface area contributed by atoms with E-state index in [-0.39, 0.29) is 24.6 Å². The molecular weight excluding hydrogens is 398 g/mol. The molecule has 6 nitrogen and oxygen atoms in total. The summed E-state index contributed by atoms with van der Waals surface area (Å²) in [5, 5.41) is 24.1. The molecule has 2 fully saturated rings. The highest BCUT2D eigenvalue weighted by Crippen LogP contribution is 2.49. The molecule has 2 bridgehead atoms. The first-order valence-electron chi connectivity index (χ1n) is 9.34. The molecule has 2 aliphatic rings. The van der Waals surface area contributed by atoms with Crippen LogP contribution in [0.25, 0.3) is 0 Å². The molecule has 0 radical (unpaired) electrons. The van der Waals surface area contributed by atoms with E-state index in [9.17, 15) is 14.7 Å². The molecule has 0 saturated heterocycles. The Hall–Kier alpha value is -1.74. The minimum atomic E-state index is -1.80. The van der Waals surface area contributed by atoms with Gasteiger partial charge in [0.1, 0.15) is 6.10 Å². The number of carbonyl (C=O) groups is 2. The average Bonchev–Trinajstić information content (AvgIpc) is 3.44. The first-order valence-corrected chi connectivity index (χ1v) is 11.1. The summed E-state index contributed by atoms with van der Waals surface area (Å²) in [5.74, 6) is -1.07. The molecule has 2 aromatic heterocycles. The lowest BCUT2D eigenvalue weighted by Crippen LogP contribution is -2.43. The Kier molecular flexibility index (Phi) is 5.30. The molecule has 2 aromatic rings. The molecule has 4 rings (SSSR count). The molecule has 0 aromatic carbocycles. The maximum absolute atomic E-state index is 13.2. The lowest BCUT2D eigenvalue weighted by atomic mass is 9.96. The first-order chi connectivity index (χ1) is 13.4. The van der Waals surface area contributed by atoms with E-state index < -0.39 is 17.5 Å². The van der Waals surface area contributed by atoms with Crippen LogP contribution in [0.3, 0.4) is 0 Å². The van der Waals surface area contributed by atoms with Crippen molar-refractivity contribution in [2.45, 2.75) is 37.0 Å². The van der Waals surface area contributed by atoms with E-state index in [1.807, 2.05) is 22.7 Å². The minimum absolute atomic E-state index is 0.0212. The second-order valence-corrected chi connectivity index (χ2v) is 9.54. The molecule has 28 heavy (non-hydrogen) atoms. The highest BCUT2D eigenvalue weighted by Gasteiger charge is 2.53. The van der Waals surface area contributed by atoms with Crippen LogP contribution in [0.5, 0.6) is 0 Å². The van der Waals surface area contributed by atoms with Gasteiger partial charge in [-0.05, 0) is 55.1 Å². The highest BCUT2D eigenvalue weighted by atomic mass is 32.1. The van der Waals surface area contributed by atoms with Crippen molar-refractivity contribution in [3.05, 3.63) is 44.8 Å². The van der Waals surface area contributed by atoms with Gasteiger partial charge in [0, 0.05) is 12.0 Å². The van der Waals surface area contributed by atoms with Crippen molar-refractivity contribution < 1.29 is 24.5 Å². The zero-order chi connectivity index (χ0) is 19.9. The van der Waals surface area contributed by atoms with E-state index >= 15 is 0 Å². The Morgan fingerprint density at radius 1 is 1.21 bits per heavy atom. The van der Waals surface area contributed by atoms with Crippen LogP contribution in [0.2, 0.25) is 0 Å². The van der Waals surface area contributed by atoms with Crippen molar-refractivity contribution in [3.8, 4) is 0 Å². The van der Waals surface area contributed by atoms with Gasteiger partial charge in [0.25, 0.3) is 0 Å². The third kappa shape index (κ3) is 3.28. The summed E-state index contributed by atoms with van der Waals surface area (Å²) in [4.78, 5) is 27.2. The van der Waals surface area contributed by atoms with Crippen LogP contribution < -0.4 is 0 Å². The quantitative estimate of drug-likeness (QED) is 0.669. The topological polar surface area (TPSA) is 87.1 Å². The Morgan fingerprint density at radius 3 is 2.39 bits per heavy atom. The van der Waals surface area contributed by atoms with Crippen LogP contribution in [0, 0.1) is 11.8 Å². The van der Waals surface area contributed by atoms with Gasteiger partial charge in [-0.2, -0.15) is 0 Å². The lowest BCUT2D eigenvalue weighted by molar-refractivity contribution is -0.170. The number of ether oxygens (including phenoxy) is 1. The fraction of sp³-hybridized carbons (Fsp3) is 0.500. The molecule has 0 amide bonds. The zero-order valence-electron chi connectivity index (χ0n) is 15.5. The number of thiophene rings is 2. The van der Waals surface area contributed by atoms with Gasteiger partial charge in [-0.3, -0.25) is 9.69 Å². The molecule has 2 heterocycles. The van der Waals surface area contributed by atoms with Gasteiger partial charge < -0.3 is 14.9 Å². The number of nitrogens with zero attached hydrogens (tertiary/aromatic N) is 1. The van der Waals surface area contributed by atoms with Crippen molar-refractivity contribution in [2.24, 2.45) is 11.8 Å². The number of carbonyl (C=O) groups excluding carboxylic acids is 1. The summed E-state index contributed by atoms with van der Waals surface area (Å²) < 4.78 is 5.89. The summed E-state index contributed by atoms with van der Waals surface area (Å²) >= 11 is 2.65. The number of hydrogen-bond donors (Lipinski definition) is 2. The van der Waals surface area contributed by atoms with Crippen molar-refractivity contribution in [1.29, 1.82) is 0 Å². The molecule has 2 saturated carbocycles. The molecule has 2 aliphatic carbocycles. The van der Waals surface area contributed by atoms with Gasteiger partial charge in [0.05, 0.1) is 16.3 Å². The number of rotatable bonds is 7. The molecule has 0 spiro atoms. The van der Waals surface area contributed by atoms with Crippen LogP contribution in [0.1, 0.15) is 29.0 Å². The third-order valence-corrected chi connectivity index (χ3v) is 7.97. The van der Waals surface area contributed by atoms with Gasteiger partial charge in [-0.25, -0.2) is 4.79 Å². The van der Waals surface area contributed by atoms with Crippen LogP contribution in [-0.2, 0) is 19.9 Å². The molecule has 2 N–H and O–H groups in total. The van der Waals surface area contributed by atoms with E-state index in [0.717, 1.165) is 19.3 Å². The molecule has 4 atom stereocenters. The predicted octanol–water partition coefficient (Wildman–Crippen LogP) is 2.77. The summed E-state index contributed by atoms with van der Waals surface area (Å²) in [5.41, 5.74) is -1.80. The second kappa shape index (κ2) is 7.59. The summed E-state index contributed by atoms with van der Waals surface area (Å²) in [7, 11) is 1.82. The molecule has 1 unspecified atom stereocenters. The molecule has 0 aliphatic heterocycles. The fourth-order valence-corrected chi connectivity index (χ4v) is 6.60. The average molecular weight is 422 g/mol. The number of fused-ring (bicyclic) bond motifs is 2. The van der Waals surface area contributed by atoms with E-state index in [1.54, 1.807) is 24.3 Å². The van der Waals surface area contributed by atoms with Gasteiger partial charge in [0.15, 0.2) is 0 Å². The predicted molar refractivity (Wildman–Crippen MR) is 106 cm³/mol. The number of carboxylic acids is 1. The number of hydrogen-bond acceptors (Lipinski definition) is 7. The highest BCUT2D eigenvalue weighted by molar-refractivity contribution is 7.12. The molecule has 150 valence electrons. The molecular formula is C20H23NO5S2. The van der Waals surface area contributed by atoms with E-state index in [4.69, 9.17) is 9.84 Å². The fourth-order valence-electron chi connectivity index (χ4n) is 4.89. The van der Waals surface area contributed by atoms with Crippen molar-refractivity contribution in [1.82, 2.24) is 4.90 Å². The van der Waals surface area contributed by atoms with Crippen LogP contribution in [0.15, 0.2) is 35.0 Å². The number of esters is 1. The van der Waals surface area contributed by atoms with E-state index in [1.165, 1.54) is 22.7 Å². The molecule has 8 heteroatoms. The van der Waals surface area contributed by atoms with Crippen LogP contribution in [0.4, 0.5) is 0 Å². The third-order valence-electron chi connectivity index (χ3n) is 6.01. The summed E-state index contributed by atoms with van der Waals surface area (Å²) in [6.45, 7) is -0.0212. The van der Waals surface area contributed by atoms with Gasteiger partial charge in [0.2, 0.25) is 5.60 Å². The summed E-state index contributed by atoms with van der Waals surface area (Å²) in [6, 6.07) is 7.21. The number of carboxylic acid groups (broad SMARTS) is 1. The van der Waals surface area contributed by atoms with E-state index in [2.05, 4.69) is 0 Å². The van der Waals surface area contributed by atoms with Crippen LogP contribution >= 0.6 is 22.7 Å². The maximum Gasteiger partial charge on any atom is 0.349 e. The zero-order valence-corrected chi connectivity index (χ0v) is 17.1. The lowest BCUT2D eigenvalue weighted by Gasteiger charge is -2.30. The Morgan fingerprint density at radius 2 is 1.86 bits per heavy atom. The monoisotopic (exact) mass is 421 g/mol. The minimum Gasteiger partial charge on any atom is -0.480 e. The van der Waals surface area contributed by atoms with Crippen LogP contribution in [-0.4, -0.2) is 52.8 Å². The smallest absolute Gasteiger partial charge is 0.349 e. The van der Waals surface area contributed by atoms with E-state index in [0.29, 0.717) is 15.7 Å². The largest absolute Gasteiger partial charge is 0.480 e. The maximum atomic E-state index is 13.2. The normalized spacial score (nSPS) is 26.7. The number of aliphatic carboxylic acids is 1. The number of likely N-dealkylation sites (N-methyl/N-ethyl adjacent to an activating group) is 1. The first kappa shape index (κ1) is 19.6. The van der Waals surface area contributed by atoms with Crippen molar-refractivity contribution in [2.75, 3.05) is 13.6 Å². The van der Waals surface area contributed by atoms with Crippen molar-refractivity contribution >= 4 is 34.6 Å². The number of aliphatic hydroxyl groups is 1.